The number of rotatable bonds is 5. The van der Waals surface area contributed by atoms with E-state index in [1.807, 2.05) is 36.1 Å². The highest BCUT2D eigenvalue weighted by atomic mass is 16.5. The number of amides is 1. The molecule has 116 valence electrons. The van der Waals surface area contributed by atoms with Gasteiger partial charge >= 0.3 is 0 Å². The van der Waals surface area contributed by atoms with E-state index in [4.69, 9.17) is 9.15 Å². The predicted octanol–water partition coefficient (Wildman–Crippen LogP) is 2.84. The van der Waals surface area contributed by atoms with Crippen LogP contribution in [-0.4, -0.2) is 42.1 Å². The van der Waals surface area contributed by atoms with Crippen molar-refractivity contribution in [2.75, 3.05) is 26.3 Å². The van der Waals surface area contributed by atoms with E-state index in [0.29, 0.717) is 17.2 Å². The number of likely N-dealkylation sites (tertiary alicyclic amines) is 1. The molecule has 5 heteroatoms. The summed E-state index contributed by atoms with van der Waals surface area (Å²) >= 11 is 0. The lowest BCUT2D eigenvalue weighted by Gasteiger charge is -2.17. The molecule has 0 aliphatic carbocycles. The standard InChI is InChI=1S/C17H20N2O3/c1-2-21-11-13-6-7-19(10-13)17(20)15-5-3-4-14(8-15)16-9-18-12-22-16/h3-5,8-9,12-13H,2,6-7,10-11H2,1H3. The van der Waals surface area contributed by atoms with E-state index >= 15 is 0 Å². The molecule has 1 aromatic heterocycles. The molecule has 22 heavy (non-hydrogen) atoms. The van der Waals surface area contributed by atoms with Gasteiger partial charge in [0, 0.05) is 36.7 Å². The minimum Gasteiger partial charge on any atom is -0.444 e. The van der Waals surface area contributed by atoms with Crippen molar-refractivity contribution in [3.05, 3.63) is 42.4 Å². The first-order valence-electron chi connectivity index (χ1n) is 7.64. The Hall–Kier alpha value is -2.14. The van der Waals surface area contributed by atoms with E-state index in [9.17, 15) is 4.79 Å². The van der Waals surface area contributed by atoms with Crippen LogP contribution in [0, 0.1) is 5.92 Å². The Morgan fingerprint density at radius 2 is 2.41 bits per heavy atom. The van der Waals surface area contributed by atoms with Crippen molar-refractivity contribution in [3.63, 3.8) is 0 Å². The molecule has 0 spiro atoms. The summed E-state index contributed by atoms with van der Waals surface area (Å²) in [5.74, 6) is 1.19. The molecule has 1 fully saturated rings. The number of aromatic nitrogens is 1. The van der Waals surface area contributed by atoms with Crippen molar-refractivity contribution in [2.45, 2.75) is 13.3 Å². The van der Waals surface area contributed by atoms with Crippen molar-refractivity contribution < 1.29 is 13.9 Å². The first-order chi connectivity index (χ1) is 10.8. The van der Waals surface area contributed by atoms with Crippen LogP contribution < -0.4 is 0 Å². The number of nitrogens with zero attached hydrogens (tertiary/aromatic N) is 2. The second-order valence-corrected chi connectivity index (χ2v) is 5.51. The zero-order valence-corrected chi connectivity index (χ0v) is 12.7. The molecular weight excluding hydrogens is 280 g/mol. The molecule has 2 aromatic rings. The minimum atomic E-state index is 0.0698. The predicted molar refractivity (Wildman–Crippen MR) is 82.4 cm³/mol. The number of benzene rings is 1. The highest BCUT2D eigenvalue weighted by Gasteiger charge is 2.27. The normalized spacial score (nSPS) is 17.9. The summed E-state index contributed by atoms with van der Waals surface area (Å²) < 4.78 is 10.8. The fourth-order valence-electron chi connectivity index (χ4n) is 2.78. The minimum absolute atomic E-state index is 0.0698. The molecule has 1 amide bonds. The van der Waals surface area contributed by atoms with Crippen LogP contribution in [0.2, 0.25) is 0 Å². The first kappa shape index (κ1) is 14.8. The maximum absolute atomic E-state index is 12.6. The molecule has 1 atom stereocenters. The van der Waals surface area contributed by atoms with E-state index in [1.54, 1.807) is 6.20 Å². The molecule has 5 nitrogen and oxygen atoms in total. The van der Waals surface area contributed by atoms with Crippen LogP contribution in [0.25, 0.3) is 11.3 Å². The SMILES string of the molecule is CCOCC1CCN(C(=O)c2cccc(-c3cnco3)c2)C1. The molecule has 3 rings (SSSR count). The van der Waals surface area contributed by atoms with Gasteiger partial charge in [0.1, 0.15) is 0 Å². The van der Waals surface area contributed by atoms with Crippen LogP contribution in [-0.2, 0) is 4.74 Å². The highest BCUT2D eigenvalue weighted by molar-refractivity contribution is 5.95. The number of oxazole rings is 1. The molecule has 0 radical (unpaired) electrons. The third kappa shape index (κ3) is 3.20. The summed E-state index contributed by atoms with van der Waals surface area (Å²) in [4.78, 5) is 18.4. The van der Waals surface area contributed by atoms with Gasteiger partial charge in [-0.25, -0.2) is 4.98 Å². The number of ether oxygens (including phenoxy) is 1. The zero-order chi connectivity index (χ0) is 15.4. The Morgan fingerprint density at radius 3 is 3.18 bits per heavy atom. The Labute approximate surface area is 129 Å². The largest absolute Gasteiger partial charge is 0.444 e. The summed E-state index contributed by atoms with van der Waals surface area (Å²) in [5.41, 5.74) is 1.55. The maximum atomic E-state index is 12.6. The first-order valence-corrected chi connectivity index (χ1v) is 7.64. The van der Waals surface area contributed by atoms with Crippen LogP contribution in [0.1, 0.15) is 23.7 Å². The number of hydrogen-bond donors (Lipinski definition) is 0. The summed E-state index contributed by atoms with van der Waals surface area (Å²) in [6.45, 7) is 5.02. The van der Waals surface area contributed by atoms with E-state index in [0.717, 1.165) is 38.3 Å². The van der Waals surface area contributed by atoms with Gasteiger partial charge in [0.25, 0.3) is 5.91 Å². The molecule has 0 N–H and O–H groups in total. The molecule has 1 saturated heterocycles. The number of hydrogen-bond acceptors (Lipinski definition) is 4. The lowest BCUT2D eigenvalue weighted by molar-refractivity contribution is 0.0763. The molecule has 1 aliphatic rings. The molecule has 1 aromatic carbocycles. The van der Waals surface area contributed by atoms with Gasteiger partial charge in [0.2, 0.25) is 0 Å². The number of carbonyl (C=O) groups excluding carboxylic acids is 1. The van der Waals surface area contributed by atoms with Crippen LogP contribution in [0.3, 0.4) is 0 Å². The lowest BCUT2D eigenvalue weighted by Crippen LogP contribution is -2.29. The fourth-order valence-corrected chi connectivity index (χ4v) is 2.78. The zero-order valence-electron chi connectivity index (χ0n) is 12.7. The molecule has 2 heterocycles. The molecule has 0 saturated carbocycles. The van der Waals surface area contributed by atoms with E-state index in [2.05, 4.69) is 4.98 Å². The van der Waals surface area contributed by atoms with Crippen molar-refractivity contribution >= 4 is 5.91 Å². The Kier molecular flexibility index (Phi) is 4.53. The topological polar surface area (TPSA) is 55.6 Å². The highest BCUT2D eigenvalue weighted by Crippen LogP contribution is 2.23. The third-order valence-electron chi connectivity index (χ3n) is 3.96. The van der Waals surface area contributed by atoms with Crippen molar-refractivity contribution in [1.29, 1.82) is 0 Å². The maximum Gasteiger partial charge on any atom is 0.253 e. The molecule has 1 unspecified atom stereocenters. The molecule has 1 aliphatic heterocycles. The van der Waals surface area contributed by atoms with Crippen LogP contribution in [0.5, 0.6) is 0 Å². The Balaban J connectivity index is 1.69. The smallest absolute Gasteiger partial charge is 0.253 e. The van der Waals surface area contributed by atoms with Crippen LogP contribution >= 0.6 is 0 Å². The van der Waals surface area contributed by atoms with Gasteiger partial charge in [-0.3, -0.25) is 4.79 Å². The molecular formula is C17H20N2O3. The van der Waals surface area contributed by atoms with Crippen LogP contribution in [0.15, 0.2) is 41.3 Å². The third-order valence-corrected chi connectivity index (χ3v) is 3.96. The van der Waals surface area contributed by atoms with Gasteiger partial charge in [-0.05, 0) is 25.5 Å². The average Bonchev–Trinajstić information content (AvgIpc) is 3.24. The van der Waals surface area contributed by atoms with Gasteiger partial charge in [0.15, 0.2) is 12.2 Å². The molecule has 0 bridgehead atoms. The summed E-state index contributed by atoms with van der Waals surface area (Å²) in [5, 5.41) is 0. The van der Waals surface area contributed by atoms with Gasteiger partial charge in [0.05, 0.1) is 12.8 Å². The van der Waals surface area contributed by atoms with Crippen LogP contribution in [0.4, 0.5) is 0 Å². The van der Waals surface area contributed by atoms with Gasteiger partial charge < -0.3 is 14.1 Å². The summed E-state index contributed by atoms with van der Waals surface area (Å²) in [7, 11) is 0. The van der Waals surface area contributed by atoms with E-state index in [-0.39, 0.29) is 5.91 Å². The second kappa shape index (κ2) is 6.75. The second-order valence-electron chi connectivity index (χ2n) is 5.51. The summed E-state index contributed by atoms with van der Waals surface area (Å²) in [6.07, 6.45) is 4.05. The van der Waals surface area contributed by atoms with E-state index in [1.165, 1.54) is 6.39 Å². The average molecular weight is 300 g/mol. The van der Waals surface area contributed by atoms with Crippen molar-refractivity contribution in [1.82, 2.24) is 9.88 Å². The number of carbonyl (C=O) groups is 1. The Morgan fingerprint density at radius 1 is 1.50 bits per heavy atom. The van der Waals surface area contributed by atoms with Gasteiger partial charge in [-0.2, -0.15) is 0 Å². The van der Waals surface area contributed by atoms with E-state index < -0.39 is 0 Å². The lowest BCUT2D eigenvalue weighted by atomic mass is 10.1. The monoisotopic (exact) mass is 300 g/mol. The van der Waals surface area contributed by atoms with Crippen molar-refractivity contribution in [2.24, 2.45) is 5.92 Å². The fraction of sp³-hybridized carbons (Fsp3) is 0.412. The van der Waals surface area contributed by atoms with Gasteiger partial charge in [-0.1, -0.05) is 12.1 Å². The summed E-state index contributed by atoms with van der Waals surface area (Å²) in [6, 6.07) is 7.49. The van der Waals surface area contributed by atoms with Crippen molar-refractivity contribution in [3.8, 4) is 11.3 Å². The Bertz CT molecular complexity index is 625. The van der Waals surface area contributed by atoms with Gasteiger partial charge in [-0.15, -0.1) is 0 Å². The quantitative estimate of drug-likeness (QED) is 0.852.